The maximum atomic E-state index is 11.0. The number of nitrogens with zero attached hydrogens (tertiary/aromatic N) is 2. The van der Waals surface area contributed by atoms with Crippen LogP contribution < -0.4 is 4.74 Å². The van der Waals surface area contributed by atoms with E-state index in [4.69, 9.17) is 20.0 Å². The molecule has 5 nitrogen and oxygen atoms in total. The number of benzene rings is 1. The minimum Gasteiger partial charge on any atom is -0.461 e. The van der Waals surface area contributed by atoms with Crippen LogP contribution in [-0.4, -0.2) is 12.6 Å². The summed E-state index contributed by atoms with van der Waals surface area (Å²) in [5.41, 5.74) is 2.32. The van der Waals surface area contributed by atoms with Gasteiger partial charge in [0.2, 0.25) is 0 Å². The Labute approximate surface area is 122 Å². The fourth-order valence-corrected chi connectivity index (χ4v) is 1.92. The largest absolute Gasteiger partial charge is 0.461 e. The van der Waals surface area contributed by atoms with E-state index < -0.39 is 5.97 Å². The van der Waals surface area contributed by atoms with Crippen LogP contribution in [0, 0.1) is 29.6 Å². The molecule has 0 saturated carbocycles. The zero-order valence-corrected chi connectivity index (χ0v) is 11.6. The number of ether oxygens (including phenoxy) is 2. The lowest BCUT2D eigenvalue weighted by Gasteiger charge is -2.20. The van der Waals surface area contributed by atoms with Crippen molar-refractivity contribution in [1.29, 1.82) is 10.5 Å². The molecule has 1 aromatic carbocycles. The summed E-state index contributed by atoms with van der Waals surface area (Å²) >= 11 is 0. The first-order valence-corrected chi connectivity index (χ1v) is 6.22. The van der Waals surface area contributed by atoms with Crippen molar-refractivity contribution < 1.29 is 14.3 Å². The Morgan fingerprint density at radius 3 is 2.67 bits per heavy atom. The van der Waals surface area contributed by atoms with Crippen molar-refractivity contribution in [3.05, 3.63) is 46.7 Å². The average molecular weight is 280 g/mol. The summed E-state index contributed by atoms with van der Waals surface area (Å²) in [5.74, 6) is 0.306. The second-order valence-electron chi connectivity index (χ2n) is 4.51. The molecular weight excluding hydrogens is 268 g/mol. The summed E-state index contributed by atoms with van der Waals surface area (Å²) in [6.45, 7) is 3.29. The topological polar surface area (TPSA) is 83.1 Å². The van der Waals surface area contributed by atoms with Crippen LogP contribution in [-0.2, 0) is 9.53 Å². The second kappa shape index (κ2) is 5.94. The molecule has 0 aliphatic carbocycles. The smallest absolute Gasteiger partial charge is 0.302 e. The molecule has 0 aromatic heterocycles. The lowest BCUT2D eigenvalue weighted by molar-refractivity contribution is -0.139. The van der Waals surface area contributed by atoms with E-state index in [0.717, 1.165) is 11.1 Å². The van der Waals surface area contributed by atoms with Crippen molar-refractivity contribution in [2.75, 3.05) is 6.61 Å². The number of allylic oxidation sites excluding steroid dienone is 2. The van der Waals surface area contributed by atoms with Gasteiger partial charge in [0.15, 0.2) is 11.3 Å². The fraction of sp³-hybridized carbons (Fsp3) is 0.188. The van der Waals surface area contributed by atoms with Crippen molar-refractivity contribution >= 4 is 11.5 Å². The Hall–Kier alpha value is -3.05. The Morgan fingerprint density at radius 2 is 2.05 bits per heavy atom. The number of rotatable bonds is 2. The summed E-state index contributed by atoms with van der Waals surface area (Å²) in [5, 5.41) is 17.9. The van der Waals surface area contributed by atoms with Crippen LogP contribution in [0.1, 0.15) is 18.1 Å². The molecule has 0 bridgehead atoms. The van der Waals surface area contributed by atoms with Crippen molar-refractivity contribution in [3.63, 3.8) is 0 Å². The van der Waals surface area contributed by atoms with Gasteiger partial charge in [0.25, 0.3) is 0 Å². The quantitative estimate of drug-likeness (QED) is 0.614. The molecule has 0 saturated heterocycles. The van der Waals surface area contributed by atoms with E-state index in [1.807, 2.05) is 25.1 Å². The van der Waals surface area contributed by atoms with Gasteiger partial charge in [-0.05, 0) is 24.6 Å². The molecule has 1 heterocycles. The van der Waals surface area contributed by atoms with E-state index in [1.165, 1.54) is 6.92 Å². The Morgan fingerprint density at radius 1 is 1.33 bits per heavy atom. The fourth-order valence-electron chi connectivity index (χ4n) is 1.92. The zero-order valence-electron chi connectivity index (χ0n) is 11.6. The normalized spacial score (nSPS) is 12.2. The van der Waals surface area contributed by atoms with E-state index in [1.54, 1.807) is 18.2 Å². The summed E-state index contributed by atoms with van der Waals surface area (Å²) < 4.78 is 10.6. The first kappa shape index (κ1) is 14.4. The summed E-state index contributed by atoms with van der Waals surface area (Å²) in [4.78, 5) is 11.0. The molecule has 0 N–H and O–H groups in total. The van der Waals surface area contributed by atoms with E-state index in [0.29, 0.717) is 11.3 Å². The summed E-state index contributed by atoms with van der Waals surface area (Å²) in [6.07, 6.45) is 1.56. The molecule has 0 fully saturated rings. The molecular formula is C16H12N2O3. The van der Waals surface area contributed by atoms with Crippen molar-refractivity contribution in [2.45, 2.75) is 13.8 Å². The molecule has 5 heteroatoms. The third-order valence-electron chi connectivity index (χ3n) is 2.91. The van der Waals surface area contributed by atoms with Gasteiger partial charge in [-0.3, -0.25) is 4.79 Å². The lowest BCUT2D eigenvalue weighted by atomic mass is 9.99. The molecule has 21 heavy (non-hydrogen) atoms. The molecule has 1 aromatic rings. The van der Waals surface area contributed by atoms with Crippen LogP contribution in [0.15, 0.2) is 35.6 Å². The molecule has 1 aliphatic heterocycles. The van der Waals surface area contributed by atoms with Gasteiger partial charge in [-0.1, -0.05) is 12.1 Å². The van der Waals surface area contributed by atoms with E-state index in [-0.39, 0.29) is 17.9 Å². The van der Waals surface area contributed by atoms with Crippen molar-refractivity contribution in [1.82, 2.24) is 0 Å². The molecule has 1 aliphatic rings. The van der Waals surface area contributed by atoms with Crippen molar-refractivity contribution in [3.8, 4) is 17.9 Å². The third-order valence-corrected chi connectivity index (χ3v) is 2.91. The maximum absolute atomic E-state index is 11.0. The number of esters is 1. The Balaban J connectivity index is 2.52. The van der Waals surface area contributed by atoms with Gasteiger partial charge in [-0.15, -0.1) is 0 Å². The summed E-state index contributed by atoms with van der Waals surface area (Å²) in [6, 6.07) is 9.16. The molecule has 2 rings (SSSR count). The molecule has 0 unspecified atom stereocenters. The number of nitriles is 2. The predicted octanol–water partition coefficient (Wildman–Crippen LogP) is 2.64. The van der Waals surface area contributed by atoms with Crippen LogP contribution in [0.3, 0.4) is 0 Å². The van der Waals surface area contributed by atoms with Crippen LogP contribution in [0.4, 0.5) is 0 Å². The minimum absolute atomic E-state index is 0.0579. The molecule has 0 atom stereocenters. The van der Waals surface area contributed by atoms with E-state index >= 15 is 0 Å². The van der Waals surface area contributed by atoms with Gasteiger partial charge >= 0.3 is 5.97 Å². The van der Waals surface area contributed by atoms with Crippen LogP contribution >= 0.6 is 0 Å². The number of hydrogen-bond acceptors (Lipinski definition) is 5. The van der Waals surface area contributed by atoms with E-state index in [2.05, 4.69) is 0 Å². The van der Waals surface area contributed by atoms with Gasteiger partial charge in [0.1, 0.15) is 24.5 Å². The van der Waals surface area contributed by atoms with Gasteiger partial charge in [-0.25, -0.2) is 0 Å². The van der Waals surface area contributed by atoms with E-state index in [9.17, 15) is 4.79 Å². The SMILES string of the molecule is CC(=O)OCC1=CC(=C(C#N)C#N)Oc2cc(C)ccc21. The second-order valence-corrected chi connectivity index (χ2v) is 4.51. The van der Waals surface area contributed by atoms with Gasteiger partial charge in [-0.2, -0.15) is 10.5 Å². The molecule has 0 amide bonds. The molecule has 0 spiro atoms. The number of fused-ring (bicyclic) bond motifs is 1. The summed E-state index contributed by atoms with van der Waals surface area (Å²) in [7, 11) is 0. The monoisotopic (exact) mass is 280 g/mol. The van der Waals surface area contributed by atoms with Gasteiger partial charge in [0.05, 0.1) is 0 Å². The standard InChI is InChI=1S/C16H12N2O3/c1-10-3-4-14-12(9-20-11(2)19)6-15(13(7-17)8-18)21-16(14)5-10/h3-6H,9H2,1-2H3. The van der Waals surface area contributed by atoms with Gasteiger partial charge in [0, 0.05) is 18.1 Å². The molecule has 104 valence electrons. The Bertz CT molecular complexity index is 730. The van der Waals surface area contributed by atoms with Crippen LogP contribution in [0.2, 0.25) is 0 Å². The van der Waals surface area contributed by atoms with Crippen LogP contribution in [0.25, 0.3) is 5.57 Å². The first-order valence-electron chi connectivity index (χ1n) is 6.22. The Kier molecular flexibility index (Phi) is 4.06. The molecule has 0 radical (unpaired) electrons. The highest BCUT2D eigenvalue weighted by Crippen LogP contribution is 2.35. The maximum Gasteiger partial charge on any atom is 0.302 e. The lowest BCUT2D eigenvalue weighted by Crippen LogP contribution is -2.10. The number of carbonyl (C=O) groups excluding carboxylic acids is 1. The average Bonchev–Trinajstić information content (AvgIpc) is 2.45. The minimum atomic E-state index is -0.401. The highest BCUT2D eigenvalue weighted by Gasteiger charge is 2.20. The van der Waals surface area contributed by atoms with Gasteiger partial charge < -0.3 is 9.47 Å². The highest BCUT2D eigenvalue weighted by molar-refractivity contribution is 5.78. The number of carbonyl (C=O) groups is 1. The number of hydrogen-bond donors (Lipinski definition) is 0. The highest BCUT2D eigenvalue weighted by atomic mass is 16.5. The van der Waals surface area contributed by atoms with Crippen LogP contribution in [0.5, 0.6) is 5.75 Å². The third kappa shape index (κ3) is 3.10. The number of aryl methyl sites for hydroxylation is 1. The zero-order chi connectivity index (χ0) is 15.4. The van der Waals surface area contributed by atoms with Crippen molar-refractivity contribution in [2.24, 2.45) is 0 Å². The first-order chi connectivity index (χ1) is 10.0. The predicted molar refractivity (Wildman–Crippen MR) is 74.7 cm³/mol.